The molecule has 0 aromatic heterocycles. The number of hydrogen-bond donors (Lipinski definition) is 2. The Morgan fingerprint density at radius 2 is 1.74 bits per heavy atom. The van der Waals surface area contributed by atoms with Crippen molar-refractivity contribution in [2.75, 3.05) is 5.32 Å². The molecule has 0 saturated heterocycles. The molecule has 0 radical (unpaired) electrons. The van der Waals surface area contributed by atoms with Crippen LogP contribution < -0.4 is 5.32 Å². The molecule has 1 amide bonds. The lowest BCUT2D eigenvalue weighted by molar-refractivity contribution is -0.137. The normalized spacial score (nSPS) is 11.4. The third-order valence-corrected chi connectivity index (χ3v) is 3.43. The van der Waals surface area contributed by atoms with Gasteiger partial charge in [0.05, 0.1) is 26.9 Å². The number of carbonyl (C=O) groups is 1. The molecule has 0 saturated carbocycles. The van der Waals surface area contributed by atoms with Gasteiger partial charge in [-0.05, 0) is 24.3 Å². The third kappa shape index (κ3) is 3.86. The van der Waals surface area contributed by atoms with E-state index in [1.807, 2.05) is 0 Å². The number of rotatable bonds is 2. The molecule has 0 unspecified atom stereocenters. The van der Waals surface area contributed by atoms with Gasteiger partial charge in [-0.25, -0.2) is 4.39 Å². The minimum absolute atomic E-state index is 0.107. The number of alkyl halides is 3. The van der Waals surface area contributed by atoms with E-state index in [0.717, 1.165) is 18.2 Å². The number of phenolic OH excluding ortho intramolecular Hbond substituents is 1. The molecule has 2 N–H and O–H groups in total. The quantitative estimate of drug-likeness (QED) is 0.724. The van der Waals surface area contributed by atoms with Gasteiger partial charge in [-0.1, -0.05) is 23.2 Å². The lowest BCUT2D eigenvalue weighted by Gasteiger charge is -2.12. The van der Waals surface area contributed by atoms with Crippen LogP contribution in [0.3, 0.4) is 0 Å². The number of aromatic hydroxyl groups is 1. The largest absolute Gasteiger partial charge is 0.507 e. The minimum atomic E-state index is -4.57. The van der Waals surface area contributed by atoms with Crippen LogP contribution in [0.25, 0.3) is 0 Å². The first-order valence-corrected chi connectivity index (χ1v) is 6.71. The fraction of sp³-hybridized carbons (Fsp3) is 0.0714. The molecule has 122 valence electrons. The summed E-state index contributed by atoms with van der Waals surface area (Å²) in [6.45, 7) is 0. The van der Waals surface area contributed by atoms with Crippen LogP contribution in [0.4, 0.5) is 23.2 Å². The zero-order valence-corrected chi connectivity index (χ0v) is 12.5. The number of anilines is 1. The van der Waals surface area contributed by atoms with Crippen LogP contribution in [0.1, 0.15) is 15.9 Å². The Morgan fingerprint density at radius 3 is 2.30 bits per heavy atom. The highest BCUT2D eigenvalue weighted by atomic mass is 35.5. The first-order valence-electron chi connectivity index (χ1n) is 5.95. The molecule has 9 heteroatoms. The molecule has 3 nitrogen and oxygen atoms in total. The van der Waals surface area contributed by atoms with Crippen LogP contribution in [-0.2, 0) is 6.18 Å². The molecule has 2 aromatic rings. The highest BCUT2D eigenvalue weighted by Gasteiger charge is 2.31. The second-order valence-electron chi connectivity index (χ2n) is 4.43. The molecule has 0 bridgehead atoms. The maximum atomic E-state index is 13.1. The average molecular weight is 368 g/mol. The molecule has 23 heavy (non-hydrogen) atoms. The van der Waals surface area contributed by atoms with E-state index in [1.54, 1.807) is 0 Å². The Balaban J connectivity index is 2.29. The van der Waals surface area contributed by atoms with Gasteiger partial charge in [-0.15, -0.1) is 0 Å². The summed E-state index contributed by atoms with van der Waals surface area (Å²) in [6.07, 6.45) is -4.57. The van der Waals surface area contributed by atoms with Crippen LogP contribution in [0.15, 0.2) is 30.3 Å². The summed E-state index contributed by atoms with van der Waals surface area (Å²) in [5, 5.41) is 11.0. The second-order valence-corrected chi connectivity index (χ2v) is 5.24. The monoisotopic (exact) mass is 367 g/mol. The molecular formula is C14H7Cl2F4NO2. The van der Waals surface area contributed by atoms with Gasteiger partial charge in [0.15, 0.2) is 0 Å². The highest BCUT2D eigenvalue weighted by molar-refractivity contribution is 6.34. The van der Waals surface area contributed by atoms with Crippen LogP contribution in [0.5, 0.6) is 5.75 Å². The van der Waals surface area contributed by atoms with Gasteiger partial charge in [-0.3, -0.25) is 4.79 Å². The molecule has 0 heterocycles. The highest BCUT2D eigenvalue weighted by Crippen LogP contribution is 2.34. The molecule has 0 spiro atoms. The number of hydrogen-bond acceptors (Lipinski definition) is 2. The molecular weight excluding hydrogens is 361 g/mol. The van der Waals surface area contributed by atoms with Crippen LogP contribution in [-0.4, -0.2) is 11.0 Å². The summed E-state index contributed by atoms with van der Waals surface area (Å²) in [5.41, 5.74) is -1.44. The van der Waals surface area contributed by atoms with Gasteiger partial charge >= 0.3 is 6.18 Å². The van der Waals surface area contributed by atoms with E-state index < -0.39 is 34.2 Å². The smallest absolute Gasteiger partial charge is 0.416 e. The molecule has 0 aliphatic heterocycles. The van der Waals surface area contributed by atoms with Gasteiger partial charge in [-0.2, -0.15) is 13.2 Å². The van der Waals surface area contributed by atoms with E-state index in [0.29, 0.717) is 12.1 Å². The molecule has 0 atom stereocenters. The van der Waals surface area contributed by atoms with Crippen molar-refractivity contribution in [3.05, 3.63) is 57.3 Å². The lowest BCUT2D eigenvalue weighted by atomic mass is 10.1. The Kier molecular flexibility index (Phi) is 4.72. The SMILES string of the molecule is O=C(Nc1ccc(C(F)(F)F)cc1Cl)c1cc(Cl)c(F)cc1O. The zero-order valence-electron chi connectivity index (χ0n) is 11.0. The van der Waals surface area contributed by atoms with Gasteiger partial charge in [0, 0.05) is 6.07 Å². The fourth-order valence-electron chi connectivity index (χ4n) is 1.70. The van der Waals surface area contributed by atoms with Crippen molar-refractivity contribution in [3.8, 4) is 5.75 Å². The molecule has 0 aliphatic rings. The molecule has 2 rings (SSSR count). The summed E-state index contributed by atoms with van der Waals surface area (Å²) < 4.78 is 50.7. The number of halogens is 6. The standard InChI is InChI=1S/C14H7Cl2F4NO2/c15-8-4-7(12(22)5-10(8)17)13(23)21-11-2-1-6(3-9(11)16)14(18,19)20/h1-5,22H,(H,21,23). The average Bonchev–Trinajstić information content (AvgIpc) is 2.43. The van der Waals surface area contributed by atoms with E-state index in [2.05, 4.69) is 5.32 Å². The maximum Gasteiger partial charge on any atom is 0.416 e. The van der Waals surface area contributed by atoms with Gasteiger partial charge in [0.1, 0.15) is 11.6 Å². The van der Waals surface area contributed by atoms with Crippen molar-refractivity contribution in [3.63, 3.8) is 0 Å². The van der Waals surface area contributed by atoms with Crippen LogP contribution >= 0.6 is 23.2 Å². The summed E-state index contributed by atoms with van der Waals surface area (Å²) in [5.74, 6) is -2.51. The topological polar surface area (TPSA) is 49.3 Å². The predicted octanol–water partition coefficient (Wildman–Crippen LogP) is 5.11. The summed E-state index contributed by atoms with van der Waals surface area (Å²) in [4.78, 5) is 12.0. The number of benzene rings is 2. The Morgan fingerprint density at radius 1 is 1.09 bits per heavy atom. The van der Waals surface area contributed by atoms with E-state index in [9.17, 15) is 27.5 Å². The molecule has 0 fully saturated rings. The van der Waals surface area contributed by atoms with Crippen LogP contribution in [0, 0.1) is 5.82 Å². The van der Waals surface area contributed by atoms with Crippen molar-refractivity contribution in [1.82, 2.24) is 0 Å². The van der Waals surface area contributed by atoms with Gasteiger partial charge < -0.3 is 10.4 Å². The Hall–Kier alpha value is -1.99. The summed E-state index contributed by atoms with van der Waals surface area (Å²) >= 11 is 11.2. The van der Waals surface area contributed by atoms with Crippen molar-refractivity contribution < 1.29 is 27.5 Å². The molecule has 2 aromatic carbocycles. The van der Waals surface area contributed by atoms with Crippen molar-refractivity contribution in [2.24, 2.45) is 0 Å². The Bertz CT molecular complexity index is 778. The van der Waals surface area contributed by atoms with E-state index in [1.165, 1.54) is 0 Å². The second kappa shape index (κ2) is 6.25. The minimum Gasteiger partial charge on any atom is -0.507 e. The number of phenols is 1. The Labute approximate surface area is 137 Å². The van der Waals surface area contributed by atoms with Gasteiger partial charge in [0.2, 0.25) is 0 Å². The summed E-state index contributed by atoms with van der Waals surface area (Å²) in [7, 11) is 0. The maximum absolute atomic E-state index is 13.1. The first-order chi connectivity index (χ1) is 10.6. The molecule has 0 aliphatic carbocycles. The van der Waals surface area contributed by atoms with Crippen molar-refractivity contribution >= 4 is 34.8 Å². The first kappa shape index (κ1) is 17.4. The predicted molar refractivity (Wildman–Crippen MR) is 77.5 cm³/mol. The van der Waals surface area contributed by atoms with E-state index >= 15 is 0 Å². The van der Waals surface area contributed by atoms with E-state index in [4.69, 9.17) is 23.2 Å². The number of amides is 1. The van der Waals surface area contributed by atoms with Crippen LogP contribution in [0.2, 0.25) is 10.0 Å². The van der Waals surface area contributed by atoms with Crippen molar-refractivity contribution in [2.45, 2.75) is 6.18 Å². The summed E-state index contributed by atoms with van der Waals surface area (Å²) in [6, 6.07) is 3.88. The number of carbonyl (C=O) groups excluding carboxylic acids is 1. The van der Waals surface area contributed by atoms with E-state index in [-0.39, 0.29) is 16.3 Å². The fourth-order valence-corrected chi connectivity index (χ4v) is 2.09. The number of nitrogens with one attached hydrogen (secondary N) is 1. The van der Waals surface area contributed by atoms with Gasteiger partial charge in [0.25, 0.3) is 5.91 Å². The zero-order chi connectivity index (χ0) is 17.4. The third-order valence-electron chi connectivity index (χ3n) is 2.83. The van der Waals surface area contributed by atoms with Crippen molar-refractivity contribution in [1.29, 1.82) is 0 Å². The lowest BCUT2D eigenvalue weighted by Crippen LogP contribution is -2.13.